The zero-order chi connectivity index (χ0) is 20.8. The first-order chi connectivity index (χ1) is 13.9. The van der Waals surface area contributed by atoms with Gasteiger partial charge in [-0.1, -0.05) is 6.07 Å². The number of nitrogens with one attached hydrogen (secondary N) is 2. The Kier molecular flexibility index (Phi) is 9.04. The molecule has 0 amide bonds. The largest absolute Gasteiger partial charge is 0.439 e. The lowest BCUT2D eigenvalue weighted by atomic mass is 10.1. The van der Waals surface area contributed by atoms with Crippen molar-refractivity contribution >= 4 is 41.3 Å². The van der Waals surface area contributed by atoms with E-state index in [1.54, 1.807) is 24.6 Å². The standard InChI is InChI=1S/C22H27N5OS.HI/c1-14-6-7-19(10-15(14)2)28-21-11-18(8-9-24-21)12-25-22(23-5)26-13-20-16(3)27-17(4)29-20;/h6-11H,12-13H2,1-5H3,(H2,23,25,26);1H. The summed E-state index contributed by atoms with van der Waals surface area (Å²) in [6, 6.07) is 9.94. The lowest BCUT2D eigenvalue weighted by Crippen LogP contribution is -2.36. The van der Waals surface area contributed by atoms with Crippen LogP contribution in [0.15, 0.2) is 41.5 Å². The molecule has 30 heavy (non-hydrogen) atoms. The first-order valence-electron chi connectivity index (χ1n) is 9.52. The van der Waals surface area contributed by atoms with Gasteiger partial charge in [-0.3, -0.25) is 4.99 Å². The number of nitrogens with zero attached hydrogens (tertiary/aromatic N) is 3. The Balaban J connectivity index is 0.00000320. The van der Waals surface area contributed by atoms with Crippen LogP contribution in [0.1, 0.15) is 32.3 Å². The summed E-state index contributed by atoms with van der Waals surface area (Å²) in [5, 5.41) is 7.75. The molecule has 3 aromatic rings. The number of hydrogen-bond donors (Lipinski definition) is 2. The second-order valence-corrected chi connectivity index (χ2v) is 8.16. The maximum Gasteiger partial charge on any atom is 0.219 e. The Labute approximate surface area is 199 Å². The minimum Gasteiger partial charge on any atom is -0.439 e. The average Bonchev–Trinajstić information content (AvgIpc) is 3.02. The number of rotatable bonds is 6. The fourth-order valence-corrected chi connectivity index (χ4v) is 3.70. The van der Waals surface area contributed by atoms with Crippen LogP contribution in [0.2, 0.25) is 0 Å². The van der Waals surface area contributed by atoms with E-state index >= 15 is 0 Å². The van der Waals surface area contributed by atoms with Crippen LogP contribution in [0.5, 0.6) is 11.6 Å². The van der Waals surface area contributed by atoms with E-state index in [1.807, 2.05) is 38.1 Å². The van der Waals surface area contributed by atoms with Gasteiger partial charge in [0.2, 0.25) is 5.88 Å². The van der Waals surface area contributed by atoms with E-state index in [1.165, 1.54) is 16.0 Å². The summed E-state index contributed by atoms with van der Waals surface area (Å²) in [6.45, 7) is 9.53. The number of hydrogen-bond acceptors (Lipinski definition) is 5. The maximum absolute atomic E-state index is 5.92. The normalized spacial score (nSPS) is 11.0. The minimum absolute atomic E-state index is 0. The van der Waals surface area contributed by atoms with Gasteiger partial charge in [0.05, 0.1) is 17.2 Å². The minimum atomic E-state index is 0. The van der Waals surface area contributed by atoms with Crippen molar-refractivity contribution in [3.05, 3.63) is 68.8 Å². The molecule has 0 radical (unpaired) electrons. The first-order valence-corrected chi connectivity index (χ1v) is 10.3. The first kappa shape index (κ1) is 24.1. The summed E-state index contributed by atoms with van der Waals surface area (Å²) in [5.74, 6) is 2.11. The quantitative estimate of drug-likeness (QED) is 0.262. The number of pyridine rings is 1. The number of guanidine groups is 1. The predicted molar refractivity (Wildman–Crippen MR) is 134 cm³/mol. The molecule has 3 rings (SSSR count). The zero-order valence-electron chi connectivity index (χ0n) is 17.9. The van der Waals surface area contributed by atoms with Crippen LogP contribution >= 0.6 is 35.3 Å². The Morgan fingerprint density at radius 1 is 1.03 bits per heavy atom. The monoisotopic (exact) mass is 537 g/mol. The van der Waals surface area contributed by atoms with Gasteiger partial charge in [0.1, 0.15) is 5.75 Å². The topological polar surface area (TPSA) is 71.4 Å². The molecule has 8 heteroatoms. The van der Waals surface area contributed by atoms with Gasteiger partial charge in [-0.25, -0.2) is 9.97 Å². The molecule has 0 bridgehead atoms. The molecule has 0 saturated heterocycles. The number of aliphatic imine (C=N–C) groups is 1. The highest BCUT2D eigenvalue weighted by molar-refractivity contribution is 14.0. The van der Waals surface area contributed by atoms with Gasteiger partial charge in [0.15, 0.2) is 5.96 Å². The fraction of sp³-hybridized carbons (Fsp3) is 0.318. The van der Waals surface area contributed by atoms with Gasteiger partial charge in [-0.15, -0.1) is 35.3 Å². The van der Waals surface area contributed by atoms with E-state index in [-0.39, 0.29) is 24.0 Å². The smallest absolute Gasteiger partial charge is 0.219 e. The highest BCUT2D eigenvalue weighted by Crippen LogP contribution is 2.22. The lowest BCUT2D eigenvalue weighted by Gasteiger charge is -2.12. The molecule has 2 N–H and O–H groups in total. The van der Waals surface area contributed by atoms with Gasteiger partial charge >= 0.3 is 0 Å². The van der Waals surface area contributed by atoms with Crippen molar-refractivity contribution in [1.29, 1.82) is 0 Å². The molecule has 6 nitrogen and oxygen atoms in total. The Morgan fingerprint density at radius 3 is 2.47 bits per heavy atom. The Bertz CT molecular complexity index is 1020. The third kappa shape index (κ3) is 6.66. The summed E-state index contributed by atoms with van der Waals surface area (Å²) in [5.41, 5.74) is 4.57. The summed E-state index contributed by atoms with van der Waals surface area (Å²) in [6.07, 6.45) is 1.76. The number of halogens is 1. The second-order valence-electron chi connectivity index (χ2n) is 6.87. The van der Waals surface area contributed by atoms with Gasteiger partial charge in [0.25, 0.3) is 0 Å². The van der Waals surface area contributed by atoms with E-state index in [9.17, 15) is 0 Å². The van der Waals surface area contributed by atoms with Crippen LogP contribution in [0.25, 0.3) is 0 Å². The van der Waals surface area contributed by atoms with Crippen molar-refractivity contribution in [2.45, 2.75) is 40.8 Å². The highest BCUT2D eigenvalue weighted by Gasteiger charge is 2.07. The van der Waals surface area contributed by atoms with E-state index in [4.69, 9.17) is 4.74 Å². The van der Waals surface area contributed by atoms with Gasteiger partial charge in [0, 0.05) is 30.7 Å². The molecule has 0 aliphatic heterocycles. The van der Waals surface area contributed by atoms with Crippen LogP contribution < -0.4 is 15.4 Å². The van der Waals surface area contributed by atoms with E-state index < -0.39 is 0 Å². The molecular formula is C22H28IN5OS. The number of thiazole rings is 1. The third-order valence-electron chi connectivity index (χ3n) is 4.60. The lowest BCUT2D eigenvalue weighted by molar-refractivity contribution is 0.461. The van der Waals surface area contributed by atoms with Crippen LogP contribution in [0.4, 0.5) is 0 Å². The maximum atomic E-state index is 5.92. The number of benzene rings is 1. The summed E-state index contributed by atoms with van der Waals surface area (Å²) in [4.78, 5) is 14.3. The van der Waals surface area contributed by atoms with E-state index in [0.717, 1.165) is 28.0 Å². The number of ether oxygens (including phenoxy) is 1. The number of aromatic nitrogens is 2. The Morgan fingerprint density at radius 2 is 1.80 bits per heavy atom. The van der Waals surface area contributed by atoms with Crippen LogP contribution in [0.3, 0.4) is 0 Å². The second kappa shape index (κ2) is 11.3. The van der Waals surface area contributed by atoms with Crippen molar-refractivity contribution in [3.63, 3.8) is 0 Å². The van der Waals surface area contributed by atoms with Crippen molar-refractivity contribution in [2.75, 3.05) is 7.05 Å². The molecule has 0 saturated carbocycles. The highest BCUT2D eigenvalue weighted by atomic mass is 127. The number of aryl methyl sites for hydroxylation is 4. The van der Waals surface area contributed by atoms with E-state index in [2.05, 4.69) is 45.5 Å². The molecule has 2 aromatic heterocycles. The molecule has 160 valence electrons. The van der Waals surface area contributed by atoms with E-state index in [0.29, 0.717) is 19.0 Å². The summed E-state index contributed by atoms with van der Waals surface area (Å²) in [7, 11) is 1.76. The van der Waals surface area contributed by atoms with Crippen LogP contribution in [-0.2, 0) is 13.1 Å². The zero-order valence-corrected chi connectivity index (χ0v) is 21.1. The molecule has 0 aliphatic carbocycles. The average molecular weight is 537 g/mol. The van der Waals surface area contributed by atoms with Crippen molar-refractivity contribution < 1.29 is 4.74 Å². The molecule has 0 unspecified atom stereocenters. The Hall–Kier alpha value is -2.20. The molecule has 1 aromatic carbocycles. The third-order valence-corrected chi connectivity index (χ3v) is 5.67. The van der Waals surface area contributed by atoms with Crippen molar-refractivity contribution in [1.82, 2.24) is 20.6 Å². The van der Waals surface area contributed by atoms with Crippen LogP contribution in [0, 0.1) is 27.7 Å². The molecule has 0 aliphatic rings. The van der Waals surface area contributed by atoms with Crippen LogP contribution in [-0.4, -0.2) is 23.0 Å². The molecule has 0 atom stereocenters. The van der Waals surface area contributed by atoms with Crippen molar-refractivity contribution in [3.8, 4) is 11.6 Å². The molecule has 0 fully saturated rings. The van der Waals surface area contributed by atoms with Crippen molar-refractivity contribution in [2.24, 2.45) is 4.99 Å². The SMILES string of the molecule is CN=C(NCc1ccnc(Oc2ccc(C)c(C)c2)c1)NCc1sc(C)nc1C.I. The molecule has 0 spiro atoms. The molecule has 2 heterocycles. The predicted octanol–water partition coefficient (Wildman–Crippen LogP) is 5.05. The van der Waals surface area contributed by atoms with Gasteiger partial charge in [-0.2, -0.15) is 0 Å². The summed E-state index contributed by atoms with van der Waals surface area (Å²) >= 11 is 1.70. The molecular weight excluding hydrogens is 509 g/mol. The fourth-order valence-electron chi connectivity index (χ4n) is 2.82. The van der Waals surface area contributed by atoms with Gasteiger partial charge < -0.3 is 15.4 Å². The summed E-state index contributed by atoms with van der Waals surface area (Å²) < 4.78 is 5.92. The van der Waals surface area contributed by atoms with Gasteiger partial charge in [-0.05, 0) is 62.6 Å².